The minimum absolute atomic E-state index is 0.0203. The Bertz CT molecular complexity index is 276. The van der Waals surface area contributed by atoms with E-state index >= 15 is 0 Å². The molecule has 1 rings (SSSR count). The van der Waals surface area contributed by atoms with Gasteiger partial charge in [0.15, 0.2) is 0 Å². The topological polar surface area (TPSA) is 12.0 Å². The first-order chi connectivity index (χ1) is 5.65. The van der Waals surface area contributed by atoms with Crippen LogP contribution in [-0.4, -0.2) is 7.05 Å². The van der Waals surface area contributed by atoms with Crippen LogP contribution in [0.3, 0.4) is 0 Å². The summed E-state index contributed by atoms with van der Waals surface area (Å²) in [4.78, 5) is 0. The van der Waals surface area contributed by atoms with Gasteiger partial charge in [0.2, 0.25) is 0 Å². The third-order valence-corrected chi connectivity index (χ3v) is 2.01. The van der Waals surface area contributed by atoms with E-state index in [-0.39, 0.29) is 5.56 Å². The summed E-state index contributed by atoms with van der Waals surface area (Å²) in [5, 5.41) is 2.70. The fourth-order valence-electron chi connectivity index (χ4n) is 0.942. The van der Waals surface area contributed by atoms with Crippen LogP contribution < -0.4 is 5.32 Å². The van der Waals surface area contributed by atoms with Crippen molar-refractivity contribution >= 4 is 21.6 Å². The van der Waals surface area contributed by atoms with Crippen LogP contribution in [0.5, 0.6) is 0 Å². The van der Waals surface area contributed by atoms with Crippen molar-refractivity contribution in [3.8, 4) is 0 Å². The number of alkyl halides is 2. The van der Waals surface area contributed by atoms with Crippen LogP contribution in [0.4, 0.5) is 14.5 Å². The van der Waals surface area contributed by atoms with Crippen molar-refractivity contribution in [2.24, 2.45) is 0 Å². The molecule has 4 heteroatoms. The SMILES string of the molecule is CNc1ccc(Br)cc1C(F)F. The Labute approximate surface area is 77.9 Å². The highest BCUT2D eigenvalue weighted by Gasteiger charge is 2.11. The van der Waals surface area contributed by atoms with Crippen LogP contribution in [-0.2, 0) is 0 Å². The van der Waals surface area contributed by atoms with Crippen molar-refractivity contribution in [3.63, 3.8) is 0 Å². The van der Waals surface area contributed by atoms with Crippen molar-refractivity contribution in [2.45, 2.75) is 6.43 Å². The van der Waals surface area contributed by atoms with E-state index in [1.165, 1.54) is 6.07 Å². The van der Waals surface area contributed by atoms with E-state index in [9.17, 15) is 8.78 Å². The summed E-state index contributed by atoms with van der Waals surface area (Å²) in [6.45, 7) is 0. The molecule has 0 aliphatic carbocycles. The molecule has 66 valence electrons. The summed E-state index contributed by atoms with van der Waals surface area (Å²) < 4.78 is 25.3. The van der Waals surface area contributed by atoms with Gasteiger partial charge in [0.25, 0.3) is 6.43 Å². The Hall–Kier alpha value is -0.640. The van der Waals surface area contributed by atoms with Crippen molar-refractivity contribution in [3.05, 3.63) is 28.2 Å². The molecule has 12 heavy (non-hydrogen) atoms. The molecule has 0 unspecified atom stereocenters. The van der Waals surface area contributed by atoms with Crippen LogP contribution in [0.2, 0.25) is 0 Å². The van der Waals surface area contributed by atoms with Crippen LogP contribution in [0.1, 0.15) is 12.0 Å². The van der Waals surface area contributed by atoms with Gasteiger partial charge in [0.1, 0.15) is 0 Å². The summed E-state index contributed by atoms with van der Waals surface area (Å²) in [6, 6.07) is 4.75. The van der Waals surface area contributed by atoms with Gasteiger partial charge in [-0.3, -0.25) is 0 Å². The lowest BCUT2D eigenvalue weighted by Gasteiger charge is -2.07. The molecule has 0 atom stereocenters. The number of hydrogen-bond donors (Lipinski definition) is 1. The van der Waals surface area contributed by atoms with E-state index in [2.05, 4.69) is 21.2 Å². The second-order valence-electron chi connectivity index (χ2n) is 2.28. The van der Waals surface area contributed by atoms with E-state index in [4.69, 9.17) is 0 Å². The first-order valence-electron chi connectivity index (χ1n) is 3.40. The van der Waals surface area contributed by atoms with Gasteiger partial charge >= 0.3 is 0 Å². The van der Waals surface area contributed by atoms with Gasteiger partial charge in [0.05, 0.1) is 0 Å². The number of benzene rings is 1. The molecule has 1 nitrogen and oxygen atoms in total. The van der Waals surface area contributed by atoms with Gasteiger partial charge in [-0.15, -0.1) is 0 Å². The predicted octanol–water partition coefficient (Wildman–Crippen LogP) is 3.43. The molecule has 0 heterocycles. The average molecular weight is 236 g/mol. The molecule has 1 aromatic rings. The van der Waals surface area contributed by atoms with E-state index in [1.54, 1.807) is 19.2 Å². The van der Waals surface area contributed by atoms with Crippen LogP contribution in [0, 0.1) is 0 Å². The van der Waals surface area contributed by atoms with E-state index < -0.39 is 6.43 Å². The number of hydrogen-bond acceptors (Lipinski definition) is 1. The maximum Gasteiger partial charge on any atom is 0.265 e. The second-order valence-corrected chi connectivity index (χ2v) is 3.20. The molecule has 1 aromatic carbocycles. The van der Waals surface area contributed by atoms with Gasteiger partial charge in [-0.1, -0.05) is 15.9 Å². The predicted molar refractivity (Wildman–Crippen MR) is 48.6 cm³/mol. The summed E-state index contributed by atoms with van der Waals surface area (Å²) in [5.41, 5.74) is 0.486. The number of rotatable bonds is 2. The van der Waals surface area contributed by atoms with E-state index in [1.807, 2.05) is 0 Å². The molecule has 0 spiro atoms. The van der Waals surface area contributed by atoms with Gasteiger partial charge in [-0.25, -0.2) is 8.78 Å². The molecule has 0 bridgehead atoms. The molecule has 0 aliphatic rings. The molecule has 0 radical (unpaired) electrons. The molecule has 0 saturated heterocycles. The second kappa shape index (κ2) is 3.85. The van der Waals surface area contributed by atoms with Crippen molar-refractivity contribution in [1.82, 2.24) is 0 Å². The zero-order chi connectivity index (χ0) is 9.14. The highest BCUT2D eigenvalue weighted by Crippen LogP contribution is 2.29. The normalized spacial score (nSPS) is 10.4. The summed E-state index contributed by atoms with van der Waals surface area (Å²) in [7, 11) is 1.62. The standard InChI is InChI=1S/C8H8BrF2N/c1-12-7-3-2-5(9)4-6(7)8(10)11/h2-4,8,12H,1H3. The van der Waals surface area contributed by atoms with E-state index in [0.717, 1.165) is 0 Å². The molecular weight excluding hydrogens is 228 g/mol. The maximum atomic E-state index is 12.3. The van der Waals surface area contributed by atoms with Crippen molar-refractivity contribution < 1.29 is 8.78 Å². The fourth-order valence-corrected chi connectivity index (χ4v) is 1.32. The van der Waals surface area contributed by atoms with Gasteiger partial charge in [-0.05, 0) is 18.2 Å². The summed E-state index contributed by atoms with van der Waals surface area (Å²) in [5.74, 6) is 0. The Morgan fingerprint density at radius 2 is 2.08 bits per heavy atom. The first-order valence-corrected chi connectivity index (χ1v) is 4.20. The van der Waals surface area contributed by atoms with Crippen LogP contribution in [0.25, 0.3) is 0 Å². The molecule has 1 N–H and O–H groups in total. The first kappa shape index (κ1) is 9.45. The lowest BCUT2D eigenvalue weighted by molar-refractivity contribution is 0.152. The van der Waals surface area contributed by atoms with Crippen LogP contribution >= 0.6 is 15.9 Å². The lowest BCUT2D eigenvalue weighted by atomic mass is 10.2. The maximum absolute atomic E-state index is 12.3. The Kier molecular flexibility index (Phi) is 3.03. The van der Waals surface area contributed by atoms with Crippen LogP contribution in [0.15, 0.2) is 22.7 Å². The lowest BCUT2D eigenvalue weighted by Crippen LogP contribution is -1.95. The van der Waals surface area contributed by atoms with E-state index in [0.29, 0.717) is 10.2 Å². The Balaban J connectivity index is 3.12. The summed E-state index contributed by atoms with van der Waals surface area (Å²) in [6.07, 6.45) is -2.44. The van der Waals surface area contributed by atoms with Crippen molar-refractivity contribution in [2.75, 3.05) is 12.4 Å². The Morgan fingerprint density at radius 1 is 1.42 bits per heavy atom. The van der Waals surface area contributed by atoms with Crippen molar-refractivity contribution in [1.29, 1.82) is 0 Å². The molecule has 0 aliphatic heterocycles. The zero-order valence-corrected chi connectivity index (χ0v) is 8.03. The summed E-state index contributed by atoms with van der Waals surface area (Å²) >= 11 is 3.13. The fraction of sp³-hybridized carbons (Fsp3) is 0.250. The number of anilines is 1. The molecule has 0 aromatic heterocycles. The monoisotopic (exact) mass is 235 g/mol. The highest BCUT2D eigenvalue weighted by atomic mass is 79.9. The third kappa shape index (κ3) is 1.94. The average Bonchev–Trinajstić information content (AvgIpc) is 2.04. The highest BCUT2D eigenvalue weighted by molar-refractivity contribution is 9.10. The number of nitrogens with one attached hydrogen (secondary N) is 1. The molecule has 0 saturated carbocycles. The molecule has 0 fully saturated rings. The molecule has 0 amide bonds. The Morgan fingerprint density at radius 3 is 2.58 bits per heavy atom. The zero-order valence-electron chi connectivity index (χ0n) is 6.44. The smallest absolute Gasteiger partial charge is 0.265 e. The minimum atomic E-state index is -2.44. The third-order valence-electron chi connectivity index (χ3n) is 1.52. The van der Waals surface area contributed by atoms with Gasteiger partial charge in [-0.2, -0.15) is 0 Å². The largest absolute Gasteiger partial charge is 0.388 e. The minimum Gasteiger partial charge on any atom is -0.388 e. The quantitative estimate of drug-likeness (QED) is 0.829. The van der Waals surface area contributed by atoms with Gasteiger partial charge in [0, 0.05) is 22.8 Å². The van der Waals surface area contributed by atoms with Gasteiger partial charge < -0.3 is 5.32 Å². The number of halogens is 3. The molecular formula is C8H8BrF2N.